The predicted molar refractivity (Wildman–Crippen MR) is 114 cm³/mol. The maximum atomic E-state index is 12.6. The molecule has 1 N–H and O–H groups in total. The van der Waals surface area contributed by atoms with Crippen LogP contribution in [0.25, 0.3) is 0 Å². The number of likely N-dealkylation sites (N-methyl/N-ethyl adjacent to an activating group) is 1. The minimum absolute atomic E-state index is 0.00887. The standard InChI is InChI=1S/C22H26N2O5S/c1-2-24(18-12-13-30(27,28)16-18)21(25)15-29-20-11-7-6-10-19(20)22(26)23-14-17-8-4-3-5-9-17/h3-11,18H,2,12-16H2,1H3,(H,23,26)/t18-/m0/s1. The molecule has 0 aliphatic carbocycles. The summed E-state index contributed by atoms with van der Waals surface area (Å²) >= 11 is 0. The number of ether oxygens (including phenoxy) is 1. The molecule has 1 aliphatic rings. The van der Waals surface area contributed by atoms with E-state index >= 15 is 0 Å². The van der Waals surface area contributed by atoms with Gasteiger partial charge in [0.2, 0.25) is 0 Å². The average Bonchev–Trinajstić information content (AvgIpc) is 3.11. The highest BCUT2D eigenvalue weighted by Crippen LogP contribution is 2.20. The van der Waals surface area contributed by atoms with Gasteiger partial charge in [0.05, 0.1) is 17.1 Å². The largest absolute Gasteiger partial charge is 0.483 e. The first-order valence-corrected chi connectivity index (χ1v) is 11.8. The Hall–Kier alpha value is -2.87. The molecule has 0 unspecified atom stereocenters. The molecule has 1 atom stereocenters. The zero-order valence-corrected chi connectivity index (χ0v) is 17.7. The molecule has 1 heterocycles. The van der Waals surface area contributed by atoms with Gasteiger partial charge in [0, 0.05) is 19.1 Å². The van der Waals surface area contributed by atoms with Crippen molar-refractivity contribution >= 4 is 21.7 Å². The van der Waals surface area contributed by atoms with Crippen molar-refractivity contribution in [2.24, 2.45) is 0 Å². The summed E-state index contributed by atoms with van der Waals surface area (Å²) in [7, 11) is -3.09. The summed E-state index contributed by atoms with van der Waals surface area (Å²) in [6.07, 6.45) is 0.445. The fraction of sp³-hybridized carbons (Fsp3) is 0.364. The number of hydrogen-bond acceptors (Lipinski definition) is 5. The minimum atomic E-state index is -3.09. The van der Waals surface area contributed by atoms with Crippen molar-refractivity contribution in [3.8, 4) is 5.75 Å². The second kappa shape index (κ2) is 9.75. The number of carbonyl (C=O) groups is 2. The average molecular weight is 431 g/mol. The Morgan fingerprint density at radius 2 is 1.80 bits per heavy atom. The van der Waals surface area contributed by atoms with E-state index < -0.39 is 9.84 Å². The Morgan fingerprint density at radius 3 is 2.47 bits per heavy atom. The Morgan fingerprint density at radius 1 is 1.10 bits per heavy atom. The monoisotopic (exact) mass is 430 g/mol. The zero-order valence-electron chi connectivity index (χ0n) is 16.9. The van der Waals surface area contributed by atoms with Gasteiger partial charge in [-0.2, -0.15) is 0 Å². The molecule has 0 spiro atoms. The van der Waals surface area contributed by atoms with Crippen molar-refractivity contribution < 1.29 is 22.7 Å². The third kappa shape index (κ3) is 5.60. The van der Waals surface area contributed by atoms with Crippen LogP contribution in [-0.4, -0.2) is 55.8 Å². The van der Waals surface area contributed by atoms with Crippen molar-refractivity contribution in [3.05, 3.63) is 65.7 Å². The normalized spacial score (nSPS) is 17.3. The van der Waals surface area contributed by atoms with E-state index in [-0.39, 0.29) is 36.0 Å². The van der Waals surface area contributed by atoms with E-state index in [4.69, 9.17) is 4.74 Å². The Balaban J connectivity index is 1.61. The fourth-order valence-electron chi connectivity index (χ4n) is 3.54. The number of para-hydroxylation sites is 1. The zero-order chi connectivity index (χ0) is 21.6. The first kappa shape index (κ1) is 21.8. The lowest BCUT2D eigenvalue weighted by atomic mass is 10.1. The molecule has 0 aromatic heterocycles. The highest BCUT2D eigenvalue weighted by molar-refractivity contribution is 7.91. The molecule has 0 saturated carbocycles. The van der Waals surface area contributed by atoms with Crippen molar-refractivity contribution in [2.45, 2.75) is 25.9 Å². The van der Waals surface area contributed by atoms with Crippen LogP contribution < -0.4 is 10.1 Å². The predicted octanol–water partition coefficient (Wildman–Crippen LogP) is 2.03. The van der Waals surface area contributed by atoms with Crippen LogP contribution in [0.15, 0.2) is 54.6 Å². The topological polar surface area (TPSA) is 92.8 Å². The lowest BCUT2D eigenvalue weighted by molar-refractivity contribution is -0.135. The van der Waals surface area contributed by atoms with Crippen LogP contribution in [0.2, 0.25) is 0 Å². The summed E-state index contributed by atoms with van der Waals surface area (Å²) in [5.74, 6) is -0.181. The second-order valence-corrected chi connectivity index (χ2v) is 9.42. The molecule has 1 aliphatic heterocycles. The third-order valence-electron chi connectivity index (χ3n) is 5.09. The molecule has 1 fully saturated rings. The summed E-state index contributed by atoms with van der Waals surface area (Å²) in [5.41, 5.74) is 1.32. The van der Waals surface area contributed by atoms with E-state index in [0.29, 0.717) is 30.8 Å². The third-order valence-corrected chi connectivity index (χ3v) is 6.84. The SMILES string of the molecule is CCN(C(=O)COc1ccccc1C(=O)NCc1ccccc1)[C@H]1CCS(=O)(=O)C1. The van der Waals surface area contributed by atoms with Crippen molar-refractivity contribution in [3.63, 3.8) is 0 Å². The van der Waals surface area contributed by atoms with E-state index in [1.54, 1.807) is 29.2 Å². The van der Waals surface area contributed by atoms with Gasteiger partial charge >= 0.3 is 0 Å². The van der Waals surface area contributed by atoms with Crippen LogP contribution in [0.1, 0.15) is 29.3 Å². The second-order valence-electron chi connectivity index (χ2n) is 7.19. The number of amides is 2. The number of nitrogens with zero attached hydrogens (tertiary/aromatic N) is 1. The quantitative estimate of drug-likeness (QED) is 0.692. The van der Waals surface area contributed by atoms with Gasteiger partial charge in [-0.25, -0.2) is 8.42 Å². The van der Waals surface area contributed by atoms with Crippen LogP contribution in [0.3, 0.4) is 0 Å². The fourth-order valence-corrected chi connectivity index (χ4v) is 5.27. The van der Waals surface area contributed by atoms with Crippen LogP contribution in [-0.2, 0) is 21.2 Å². The Bertz CT molecular complexity index is 992. The highest BCUT2D eigenvalue weighted by Gasteiger charge is 2.34. The molecule has 2 aromatic rings. The van der Waals surface area contributed by atoms with Crippen molar-refractivity contribution in [2.75, 3.05) is 24.7 Å². The highest BCUT2D eigenvalue weighted by atomic mass is 32.2. The van der Waals surface area contributed by atoms with Gasteiger partial charge in [0.25, 0.3) is 11.8 Å². The van der Waals surface area contributed by atoms with Crippen molar-refractivity contribution in [1.82, 2.24) is 10.2 Å². The molecule has 30 heavy (non-hydrogen) atoms. The number of hydrogen-bond donors (Lipinski definition) is 1. The van der Waals surface area contributed by atoms with E-state index in [1.807, 2.05) is 37.3 Å². The number of carbonyl (C=O) groups excluding carboxylic acids is 2. The Kier molecular flexibility index (Phi) is 7.10. The van der Waals surface area contributed by atoms with E-state index in [1.165, 1.54) is 0 Å². The summed E-state index contributed by atoms with van der Waals surface area (Å²) in [6.45, 7) is 2.34. The number of benzene rings is 2. The van der Waals surface area contributed by atoms with Gasteiger partial charge in [-0.05, 0) is 31.0 Å². The van der Waals surface area contributed by atoms with Gasteiger partial charge in [0.1, 0.15) is 5.75 Å². The molecular formula is C22H26N2O5S. The molecule has 0 radical (unpaired) electrons. The summed E-state index contributed by atoms with van der Waals surface area (Å²) in [6, 6.07) is 16.0. The van der Waals surface area contributed by atoms with Crippen LogP contribution in [0, 0.1) is 0 Å². The molecule has 1 saturated heterocycles. The van der Waals surface area contributed by atoms with Gasteiger partial charge < -0.3 is 15.0 Å². The van der Waals surface area contributed by atoms with Gasteiger partial charge in [-0.3, -0.25) is 9.59 Å². The van der Waals surface area contributed by atoms with Gasteiger partial charge in [-0.15, -0.1) is 0 Å². The number of nitrogens with one attached hydrogen (secondary N) is 1. The Labute approximate surface area is 177 Å². The molecular weight excluding hydrogens is 404 g/mol. The summed E-state index contributed by atoms with van der Waals surface area (Å²) < 4.78 is 29.1. The first-order chi connectivity index (χ1) is 14.4. The maximum absolute atomic E-state index is 12.6. The minimum Gasteiger partial charge on any atom is -0.483 e. The number of rotatable bonds is 8. The van der Waals surface area contributed by atoms with E-state index in [2.05, 4.69) is 5.32 Å². The smallest absolute Gasteiger partial charge is 0.260 e. The molecule has 7 nitrogen and oxygen atoms in total. The molecule has 2 aromatic carbocycles. The summed E-state index contributed by atoms with van der Waals surface area (Å²) in [4.78, 5) is 26.8. The lowest BCUT2D eigenvalue weighted by Gasteiger charge is -2.27. The molecule has 0 bridgehead atoms. The maximum Gasteiger partial charge on any atom is 0.260 e. The van der Waals surface area contributed by atoms with Gasteiger partial charge in [-0.1, -0.05) is 42.5 Å². The van der Waals surface area contributed by atoms with Crippen LogP contribution in [0.4, 0.5) is 0 Å². The molecule has 160 valence electrons. The van der Waals surface area contributed by atoms with E-state index in [9.17, 15) is 18.0 Å². The lowest BCUT2D eigenvalue weighted by Crippen LogP contribution is -2.43. The molecule has 8 heteroatoms. The van der Waals surface area contributed by atoms with Gasteiger partial charge in [0.15, 0.2) is 16.4 Å². The van der Waals surface area contributed by atoms with E-state index in [0.717, 1.165) is 5.56 Å². The molecule has 3 rings (SSSR count). The first-order valence-electron chi connectivity index (χ1n) is 9.93. The summed E-state index contributed by atoms with van der Waals surface area (Å²) in [5, 5.41) is 2.85. The van der Waals surface area contributed by atoms with Crippen LogP contribution in [0.5, 0.6) is 5.75 Å². The van der Waals surface area contributed by atoms with Crippen LogP contribution >= 0.6 is 0 Å². The van der Waals surface area contributed by atoms with Crippen molar-refractivity contribution in [1.29, 1.82) is 0 Å². The molecule has 2 amide bonds. The number of sulfone groups is 1.